The summed E-state index contributed by atoms with van der Waals surface area (Å²) in [5.41, 5.74) is 1.02. The molecule has 0 aliphatic carbocycles. The Balaban J connectivity index is 2.67. The molecule has 0 saturated carbocycles. The summed E-state index contributed by atoms with van der Waals surface area (Å²) in [4.78, 5) is 11.3. The lowest BCUT2D eigenvalue weighted by Crippen LogP contribution is -2.55. The van der Waals surface area contributed by atoms with Crippen LogP contribution in [0.2, 0.25) is 0 Å². The number of carboxylic acid groups (broad SMARTS) is 1. The van der Waals surface area contributed by atoms with Crippen molar-refractivity contribution in [1.29, 1.82) is 0 Å². The largest absolute Gasteiger partial charge is 0.507 e. The number of phenolic OH excluding ortho intramolecular Hbond substituents is 1. The number of hydrogen-bond acceptors (Lipinski definition) is 4. The van der Waals surface area contributed by atoms with Crippen molar-refractivity contribution in [1.82, 2.24) is 0 Å². The van der Waals surface area contributed by atoms with Crippen LogP contribution in [0.25, 0.3) is 0 Å². The van der Waals surface area contributed by atoms with Crippen molar-refractivity contribution in [3.05, 3.63) is 22.3 Å². The Morgan fingerprint density at radius 2 is 1.84 bits per heavy atom. The minimum Gasteiger partial charge on any atom is -0.507 e. The van der Waals surface area contributed by atoms with E-state index in [0.717, 1.165) is 0 Å². The zero-order valence-electron chi connectivity index (χ0n) is 11.4. The van der Waals surface area contributed by atoms with E-state index in [4.69, 9.17) is 4.74 Å². The monoisotopic (exact) mass is 266 g/mol. The molecule has 1 unspecified atom stereocenters. The average molecular weight is 266 g/mol. The van der Waals surface area contributed by atoms with E-state index in [1.54, 1.807) is 20.8 Å². The highest BCUT2D eigenvalue weighted by atomic mass is 16.5. The molecule has 1 aromatic rings. The Bertz CT molecular complexity index is 564. The lowest BCUT2D eigenvalue weighted by atomic mass is 9.85. The van der Waals surface area contributed by atoms with Gasteiger partial charge in [0.1, 0.15) is 17.6 Å². The van der Waals surface area contributed by atoms with Crippen LogP contribution in [-0.2, 0) is 11.2 Å². The van der Waals surface area contributed by atoms with Crippen molar-refractivity contribution in [3.63, 3.8) is 0 Å². The summed E-state index contributed by atoms with van der Waals surface area (Å²) in [7, 11) is 0. The highest BCUT2D eigenvalue weighted by molar-refractivity contribution is 5.79. The van der Waals surface area contributed by atoms with Crippen LogP contribution in [0.5, 0.6) is 11.5 Å². The third-order valence-electron chi connectivity index (χ3n) is 4.11. The van der Waals surface area contributed by atoms with Crippen LogP contribution in [0, 0.1) is 20.8 Å². The minimum atomic E-state index is -1.66. The highest BCUT2D eigenvalue weighted by Gasteiger charge is 2.48. The smallest absolute Gasteiger partial charge is 0.350 e. The second-order valence-corrected chi connectivity index (χ2v) is 5.27. The Morgan fingerprint density at radius 3 is 2.37 bits per heavy atom. The first-order valence-corrected chi connectivity index (χ1v) is 6.12. The van der Waals surface area contributed by atoms with E-state index in [9.17, 15) is 20.1 Å². The van der Waals surface area contributed by atoms with Gasteiger partial charge in [-0.15, -0.1) is 0 Å². The van der Waals surface area contributed by atoms with Crippen molar-refractivity contribution >= 4 is 5.97 Å². The van der Waals surface area contributed by atoms with E-state index in [2.05, 4.69) is 0 Å². The predicted octanol–water partition coefficient (Wildman–Crippen LogP) is 1.46. The molecule has 0 fully saturated rings. The van der Waals surface area contributed by atoms with E-state index < -0.39 is 17.7 Å². The number of ether oxygens (including phenoxy) is 1. The van der Waals surface area contributed by atoms with Gasteiger partial charge < -0.3 is 20.1 Å². The number of hydrogen-bond donors (Lipinski definition) is 3. The highest BCUT2D eigenvalue weighted by Crippen LogP contribution is 2.43. The fraction of sp³-hybridized carbons (Fsp3) is 0.500. The molecule has 3 N–H and O–H groups in total. The number of aliphatic carboxylic acids is 1. The molecule has 0 aromatic heterocycles. The molecular formula is C14H18O5. The van der Waals surface area contributed by atoms with Crippen molar-refractivity contribution < 1.29 is 24.9 Å². The lowest BCUT2D eigenvalue weighted by molar-refractivity contribution is -0.166. The normalized spacial score (nSPS) is 25.6. The summed E-state index contributed by atoms with van der Waals surface area (Å²) in [5, 5.41) is 29.3. The molecule has 0 saturated heterocycles. The molecule has 104 valence electrons. The van der Waals surface area contributed by atoms with Crippen molar-refractivity contribution in [2.75, 3.05) is 0 Å². The van der Waals surface area contributed by atoms with Gasteiger partial charge in [0.2, 0.25) is 5.60 Å². The number of aromatic hydroxyl groups is 1. The van der Waals surface area contributed by atoms with Crippen LogP contribution in [-0.4, -0.2) is 33.0 Å². The molecule has 19 heavy (non-hydrogen) atoms. The van der Waals surface area contributed by atoms with Crippen LogP contribution < -0.4 is 4.74 Å². The average Bonchev–Trinajstić information content (AvgIpc) is 2.36. The number of benzene rings is 1. The first kappa shape index (κ1) is 13.7. The third kappa shape index (κ3) is 1.76. The van der Waals surface area contributed by atoms with Gasteiger partial charge in [0, 0.05) is 12.0 Å². The third-order valence-corrected chi connectivity index (χ3v) is 4.11. The summed E-state index contributed by atoms with van der Waals surface area (Å²) in [6.45, 7) is 6.62. The Kier molecular flexibility index (Phi) is 2.97. The number of phenols is 1. The molecule has 1 heterocycles. The van der Waals surface area contributed by atoms with Crippen molar-refractivity contribution in [2.24, 2.45) is 0 Å². The molecule has 5 heteroatoms. The fourth-order valence-corrected chi connectivity index (χ4v) is 2.41. The molecule has 5 nitrogen and oxygen atoms in total. The van der Waals surface area contributed by atoms with Crippen LogP contribution in [0.3, 0.4) is 0 Å². The first-order valence-electron chi connectivity index (χ1n) is 6.12. The van der Waals surface area contributed by atoms with Gasteiger partial charge in [0.05, 0.1) is 0 Å². The summed E-state index contributed by atoms with van der Waals surface area (Å²) in [5.74, 6) is -0.567. The topological polar surface area (TPSA) is 87.0 Å². The number of aliphatic hydroxyl groups excluding tert-OH is 1. The van der Waals surface area contributed by atoms with Gasteiger partial charge in [-0.05, 0) is 44.4 Å². The van der Waals surface area contributed by atoms with Gasteiger partial charge in [0.25, 0.3) is 0 Å². The van der Waals surface area contributed by atoms with Crippen LogP contribution in [0.1, 0.15) is 29.2 Å². The molecule has 0 radical (unpaired) electrons. The predicted molar refractivity (Wildman–Crippen MR) is 68.7 cm³/mol. The fourth-order valence-electron chi connectivity index (χ4n) is 2.41. The maximum Gasteiger partial charge on any atom is 0.350 e. The minimum absolute atomic E-state index is 0.151. The van der Waals surface area contributed by atoms with Crippen LogP contribution in [0.15, 0.2) is 0 Å². The summed E-state index contributed by atoms with van der Waals surface area (Å²) in [6, 6.07) is 0. The zero-order chi connectivity index (χ0) is 14.5. The van der Waals surface area contributed by atoms with E-state index in [0.29, 0.717) is 28.0 Å². The standard InChI is InChI=1S/C14H18O5/c1-6-7(2)12-9(8(3)11(6)16)5-10(15)14(4,19-12)13(17)18/h10,15-16H,5H2,1-4H3,(H,17,18)/t10?,14-/m0/s1. The van der Waals surface area contributed by atoms with E-state index >= 15 is 0 Å². The van der Waals surface area contributed by atoms with Crippen LogP contribution in [0.4, 0.5) is 0 Å². The SMILES string of the molecule is Cc1c(C)c2c(c(C)c1O)CC(O)[C@@](C)(C(=O)O)O2. The quantitative estimate of drug-likeness (QED) is 0.716. The first-order chi connectivity index (χ1) is 8.70. The van der Waals surface area contributed by atoms with Crippen LogP contribution >= 0.6 is 0 Å². The Labute approximate surface area is 111 Å². The molecule has 2 rings (SSSR count). The number of carboxylic acids is 1. The van der Waals surface area contributed by atoms with Gasteiger partial charge in [0.15, 0.2) is 0 Å². The maximum atomic E-state index is 11.3. The number of carbonyl (C=O) groups is 1. The number of fused-ring (bicyclic) bond motifs is 1. The molecule has 0 spiro atoms. The van der Waals surface area contributed by atoms with Gasteiger partial charge in [-0.25, -0.2) is 4.79 Å². The molecule has 0 amide bonds. The Hall–Kier alpha value is -1.75. The number of rotatable bonds is 1. The van der Waals surface area contributed by atoms with Gasteiger partial charge in [-0.1, -0.05) is 0 Å². The second-order valence-electron chi connectivity index (χ2n) is 5.27. The summed E-state index contributed by atoms with van der Waals surface area (Å²) >= 11 is 0. The summed E-state index contributed by atoms with van der Waals surface area (Å²) in [6.07, 6.45) is -1.00. The zero-order valence-corrected chi connectivity index (χ0v) is 11.4. The van der Waals surface area contributed by atoms with E-state index in [-0.39, 0.29) is 12.2 Å². The molecular weight excluding hydrogens is 248 g/mol. The van der Waals surface area contributed by atoms with Crippen molar-refractivity contribution in [2.45, 2.75) is 45.8 Å². The molecule has 0 bridgehead atoms. The van der Waals surface area contributed by atoms with E-state index in [1.165, 1.54) is 6.92 Å². The maximum absolute atomic E-state index is 11.3. The van der Waals surface area contributed by atoms with Crippen molar-refractivity contribution in [3.8, 4) is 11.5 Å². The van der Waals surface area contributed by atoms with E-state index in [1.807, 2.05) is 0 Å². The van der Waals surface area contributed by atoms with Gasteiger partial charge >= 0.3 is 5.97 Å². The molecule has 1 aromatic carbocycles. The van der Waals surface area contributed by atoms with Gasteiger partial charge in [-0.2, -0.15) is 0 Å². The lowest BCUT2D eigenvalue weighted by Gasteiger charge is -2.38. The molecule has 2 atom stereocenters. The van der Waals surface area contributed by atoms with Gasteiger partial charge in [-0.3, -0.25) is 0 Å². The molecule has 1 aliphatic rings. The molecule has 1 aliphatic heterocycles. The Morgan fingerprint density at radius 1 is 1.26 bits per heavy atom. The second kappa shape index (κ2) is 4.13. The summed E-state index contributed by atoms with van der Waals surface area (Å²) < 4.78 is 5.58. The number of aliphatic hydroxyl groups is 1.